The standard InChI is InChI=1S/C17H28N2O/c1-12(2)20-16-11-7-10-15(17(16)18)19-13(3)14-8-5-4-6-9-14/h7,10-14,19H,4-6,8-9,18H2,1-3H3. The number of nitrogens with two attached hydrogens (primary N) is 1. The molecule has 1 aliphatic rings. The molecule has 1 aromatic carbocycles. The van der Waals surface area contributed by atoms with Crippen molar-refractivity contribution in [1.29, 1.82) is 0 Å². The van der Waals surface area contributed by atoms with Crippen LogP contribution in [0.15, 0.2) is 18.2 Å². The topological polar surface area (TPSA) is 47.3 Å². The van der Waals surface area contributed by atoms with Crippen molar-refractivity contribution in [3.63, 3.8) is 0 Å². The van der Waals surface area contributed by atoms with E-state index in [0.29, 0.717) is 6.04 Å². The van der Waals surface area contributed by atoms with Crippen molar-refractivity contribution in [2.24, 2.45) is 5.92 Å². The number of ether oxygens (including phenoxy) is 1. The van der Waals surface area contributed by atoms with Gasteiger partial charge in [0, 0.05) is 6.04 Å². The lowest BCUT2D eigenvalue weighted by atomic mass is 9.84. The van der Waals surface area contributed by atoms with E-state index in [-0.39, 0.29) is 6.10 Å². The van der Waals surface area contributed by atoms with Gasteiger partial charge in [-0.25, -0.2) is 0 Å². The van der Waals surface area contributed by atoms with E-state index in [0.717, 1.165) is 23.0 Å². The molecule has 3 nitrogen and oxygen atoms in total. The quantitative estimate of drug-likeness (QED) is 0.782. The van der Waals surface area contributed by atoms with E-state index >= 15 is 0 Å². The van der Waals surface area contributed by atoms with Crippen LogP contribution in [0.5, 0.6) is 5.75 Å². The first-order valence-corrected chi connectivity index (χ1v) is 7.89. The largest absolute Gasteiger partial charge is 0.489 e. The molecular formula is C17H28N2O. The van der Waals surface area contributed by atoms with Crippen molar-refractivity contribution in [3.8, 4) is 5.75 Å². The smallest absolute Gasteiger partial charge is 0.144 e. The maximum absolute atomic E-state index is 6.22. The van der Waals surface area contributed by atoms with Crippen LogP contribution in [0.4, 0.5) is 11.4 Å². The van der Waals surface area contributed by atoms with E-state index < -0.39 is 0 Å². The van der Waals surface area contributed by atoms with E-state index in [1.54, 1.807) is 0 Å². The van der Waals surface area contributed by atoms with Crippen molar-refractivity contribution in [1.82, 2.24) is 0 Å². The van der Waals surface area contributed by atoms with Gasteiger partial charge in [0.15, 0.2) is 0 Å². The summed E-state index contributed by atoms with van der Waals surface area (Å²) >= 11 is 0. The SMILES string of the molecule is CC(C)Oc1cccc(NC(C)C2CCCCC2)c1N. The number of hydrogen-bond donors (Lipinski definition) is 2. The number of para-hydroxylation sites is 1. The molecule has 1 saturated carbocycles. The minimum Gasteiger partial charge on any atom is -0.489 e. The average Bonchev–Trinajstić information content (AvgIpc) is 2.43. The highest BCUT2D eigenvalue weighted by Crippen LogP contribution is 2.33. The Balaban J connectivity index is 2.04. The Kier molecular flexibility index (Phi) is 5.16. The predicted octanol–water partition coefficient (Wildman–Crippen LogP) is 4.44. The maximum atomic E-state index is 6.22. The van der Waals surface area contributed by atoms with Gasteiger partial charge in [-0.1, -0.05) is 25.3 Å². The molecule has 3 heteroatoms. The molecule has 112 valence electrons. The first-order chi connectivity index (χ1) is 9.58. The zero-order valence-electron chi connectivity index (χ0n) is 13.0. The third-order valence-corrected chi connectivity index (χ3v) is 4.17. The number of nitrogen functional groups attached to an aromatic ring is 1. The lowest BCUT2D eigenvalue weighted by Gasteiger charge is -2.29. The molecule has 1 unspecified atom stereocenters. The number of hydrogen-bond acceptors (Lipinski definition) is 3. The Morgan fingerprint density at radius 2 is 1.85 bits per heavy atom. The Labute approximate surface area is 122 Å². The Hall–Kier alpha value is -1.38. The molecule has 0 radical (unpaired) electrons. The van der Waals surface area contributed by atoms with Crippen molar-refractivity contribution >= 4 is 11.4 Å². The van der Waals surface area contributed by atoms with E-state index in [9.17, 15) is 0 Å². The van der Waals surface area contributed by atoms with Gasteiger partial charge in [-0.3, -0.25) is 0 Å². The Bertz CT molecular complexity index is 425. The van der Waals surface area contributed by atoms with Crippen LogP contribution in [-0.2, 0) is 0 Å². The monoisotopic (exact) mass is 276 g/mol. The first kappa shape index (κ1) is 15.0. The van der Waals surface area contributed by atoms with Gasteiger partial charge in [0.25, 0.3) is 0 Å². The summed E-state index contributed by atoms with van der Waals surface area (Å²) in [5, 5.41) is 3.59. The number of anilines is 2. The molecule has 0 heterocycles. The molecule has 0 spiro atoms. The number of nitrogens with one attached hydrogen (secondary N) is 1. The van der Waals surface area contributed by atoms with E-state index in [2.05, 4.69) is 12.2 Å². The summed E-state index contributed by atoms with van der Waals surface area (Å²) in [4.78, 5) is 0. The maximum Gasteiger partial charge on any atom is 0.144 e. The Morgan fingerprint density at radius 3 is 2.50 bits per heavy atom. The van der Waals surface area contributed by atoms with Crippen LogP contribution in [0.1, 0.15) is 52.9 Å². The summed E-state index contributed by atoms with van der Waals surface area (Å²) in [6, 6.07) is 6.45. The molecular weight excluding hydrogens is 248 g/mol. The molecule has 20 heavy (non-hydrogen) atoms. The summed E-state index contributed by atoms with van der Waals surface area (Å²) in [7, 11) is 0. The highest BCUT2D eigenvalue weighted by molar-refractivity contribution is 5.73. The predicted molar refractivity (Wildman–Crippen MR) is 86.3 cm³/mol. The second kappa shape index (κ2) is 6.87. The van der Waals surface area contributed by atoms with Crippen LogP contribution in [0.2, 0.25) is 0 Å². The zero-order valence-corrected chi connectivity index (χ0v) is 13.0. The summed E-state index contributed by atoms with van der Waals surface area (Å²) in [6.07, 6.45) is 6.92. The van der Waals surface area contributed by atoms with Crippen LogP contribution >= 0.6 is 0 Å². The third-order valence-electron chi connectivity index (χ3n) is 4.17. The van der Waals surface area contributed by atoms with Gasteiger partial charge in [0.1, 0.15) is 5.75 Å². The normalized spacial score (nSPS) is 18.0. The molecule has 0 saturated heterocycles. The molecule has 1 atom stereocenters. The molecule has 3 N–H and O–H groups in total. The van der Waals surface area contributed by atoms with Crippen molar-refractivity contribution in [2.45, 2.75) is 65.0 Å². The van der Waals surface area contributed by atoms with Crippen LogP contribution in [0, 0.1) is 5.92 Å². The molecule has 1 fully saturated rings. The van der Waals surface area contributed by atoms with Gasteiger partial charge in [0.2, 0.25) is 0 Å². The molecule has 1 aromatic rings. The van der Waals surface area contributed by atoms with Crippen LogP contribution in [0.25, 0.3) is 0 Å². The number of benzene rings is 1. The van der Waals surface area contributed by atoms with Gasteiger partial charge in [-0.05, 0) is 51.7 Å². The fraction of sp³-hybridized carbons (Fsp3) is 0.647. The Morgan fingerprint density at radius 1 is 1.15 bits per heavy atom. The van der Waals surface area contributed by atoms with Crippen molar-refractivity contribution in [2.75, 3.05) is 11.1 Å². The minimum absolute atomic E-state index is 0.142. The molecule has 0 amide bonds. The molecule has 1 aliphatic carbocycles. The van der Waals surface area contributed by atoms with Gasteiger partial charge in [-0.2, -0.15) is 0 Å². The van der Waals surface area contributed by atoms with E-state index in [1.807, 2.05) is 32.0 Å². The zero-order chi connectivity index (χ0) is 14.5. The van der Waals surface area contributed by atoms with Crippen LogP contribution in [-0.4, -0.2) is 12.1 Å². The van der Waals surface area contributed by atoms with Crippen LogP contribution < -0.4 is 15.8 Å². The highest BCUT2D eigenvalue weighted by Gasteiger charge is 2.20. The second-order valence-corrected chi connectivity index (χ2v) is 6.22. The van der Waals surface area contributed by atoms with Gasteiger partial charge >= 0.3 is 0 Å². The molecule has 2 rings (SSSR count). The second-order valence-electron chi connectivity index (χ2n) is 6.22. The molecule has 0 bridgehead atoms. The number of rotatable bonds is 5. The molecule has 0 aromatic heterocycles. The first-order valence-electron chi connectivity index (χ1n) is 7.89. The summed E-state index contributed by atoms with van der Waals surface area (Å²) in [5.41, 5.74) is 7.95. The van der Waals surface area contributed by atoms with Crippen molar-refractivity contribution in [3.05, 3.63) is 18.2 Å². The molecule has 0 aliphatic heterocycles. The van der Waals surface area contributed by atoms with E-state index in [1.165, 1.54) is 32.1 Å². The third kappa shape index (κ3) is 3.81. The lowest BCUT2D eigenvalue weighted by Crippen LogP contribution is -2.28. The highest BCUT2D eigenvalue weighted by atomic mass is 16.5. The summed E-state index contributed by atoms with van der Waals surface area (Å²) in [5.74, 6) is 1.54. The van der Waals surface area contributed by atoms with Crippen LogP contribution in [0.3, 0.4) is 0 Å². The lowest BCUT2D eigenvalue weighted by molar-refractivity contribution is 0.244. The average molecular weight is 276 g/mol. The fourth-order valence-electron chi connectivity index (χ4n) is 3.02. The summed E-state index contributed by atoms with van der Waals surface area (Å²) in [6.45, 7) is 6.31. The minimum atomic E-state index is 0.142. The fourth-order valence-corrected chi connectivity index (χ4v) is 3.02. The van der Waals surface area contributed by atoms with Gasteiger partial charge in [-0.15, -0.1) is 0 Å². The van der Waals surface area contributed by atoms with Gasteiger partial charge in [0.05, 0.1) is 17.5 Å². The summed E-state index contributed by atoms with van der Waals surface area (Å²) < 4.78 is 5.75. The van der Waals surface area contributed by atoms with Gasteiger partial charge < -0.3 is 15.8 Å². The van der Waals surface area contributed by atoms with Crippen molar-refractivity contribution < 1.29 is 4.74 Å². The van der Waals surface area contributed by atoms with E-state index in [4.69, 9.17) is 10.5 Å².